The van der Waals surface area contributed by atoms with E-state index in [9.17, 15) is 13.2 Å². The van der Waals surface area contributed by atoms with Crippen molar-refractivity contribution in [1.82, 2.24) is 9.88 Å². The van der Waals surface area contributed by atoms with E-state index >= 15 is 0 Å². The number of hydrogen-bond acceptors (Lipinski definition) is 9. The molecule has 0 bridgehead atoms. The first kappa shape index (κ1) is 25.4. The van der Waals surface area contributed by atoms with Gasteiger partial charge in [-0.15, -0.1) is 0 Å². The molecule has 3 N–H and O–H groups in total. The molecule has 1 saturated heterocycles. The highest BCUT2D eigenvalue weighted by Gasteiger charge is 2.27. The largest absolute Gasteiger partial charge is 0.495 e. The molecule has 12 heteroatoms. The number of carbonyl (C=O) groups is 1. The third-order valence-corrected chi connectivity index (χ3v) is 6.07. The van der Waals surface area contributed by atoms with Gasteiger partial charge < -0.3 is 29.2 Å². The summed E-state index contributed by atoms with van der Waals surface area (Å²) in [7, 11) is -0.958. The lowest BCUT2D eigenvalue weighted by Crippen LogP contribution is -2.42. The number of piperidine rings is 1. The molecule has 0 aliphatic carbocycles. The summed E-state index contributed by atoms with van der Waals surface area (Å²) < 4.78 is 45.6. The van der Waals surface area contributed by atoms with Crippen LogP contribution in [-0.4, -0.2) is 63.9 Å². The molecular formula is C22H30N4O7S. The maximum absolute atomic E-state index is 12.1. The lowest BCUT2D eigenvalue weighted by atomic mass is 10.1. The van der Waals surface area contributed by atoms with Crippen LogP contribution < -0.4 is 24.7 Å². The number of carbonyl (C=O) groups excluding carboxylic acids is 1. The highest BCUT2D eigenvalue weighted by molar-refractivity contribution is 7.89. The number of likely N-dealkylation sites (tertiary alicyclic amines) is 1. The van der Waals surface area contributed by atoms with Crippen LogP contribution in [0.5, 0.6) is 17.2 Å². The highest BCUT2D eigenvalue weighted by atomic mass is 32.2. The van der Waals surface area contributed by atoms with Gasteiger partial charge in [-0.2, -0.15) is 0 Å². The number of aromatic nitrogens is 1. The van der Waals surface area contributed by atoms with Crippen molar-refractivity contribution in [1.29, 1.82) is 0 Å². The number of nitrogens with one attached hydrogen (secondary N) is 1. The first-order valence-electron chi connectivity index (χ1n) is 10.8. The number of sulfonamides is 1. The average Bonchev–Trinajstić information content (AvgIpc) is 2.79. The summed E-state index contributed by atoms with van der Waals surface area (Å²) in [5, 5.41) is 8.30. The Morgan fingerprint density at radius 1 is 1.15 bits per heavy atom. The molecule has 2 heterocycles. The van der Waals surface area contributed by atoms with Gasteiger partial charge in [0, 0.05) is 44.3 Å². The van der Waals surface area contributed by atoms with Gasteiger partial charge in [-0.25, -0.2) is 23.3 Å². The number of nitrogens with two attached hydrogens (primary N) is 1. The van der Waals surface area contributed by atoms with Gasteiger partial charge in [-0.1, -0.05) is 0 Å². The van der Waals surface area contributed by atoms with Crippen molar-refractivity contribution in [2.75, 3.05) is 32.6 Å². The fraction of sp³-hybridized carbons (Fsp3) is 0.455. The second-order valence-electron chi connectivity index (χ2n) is 7.96. The first-order valence-corrected chi connectivity index (χ1v) is 12.3. The van der Waals surface area contributed by atoms with Gasteiger partial charge in [0.2, 0.25) is 15.8 Å². The molecule has 1 aromatic heterocycles. The Hall–Kier alpha value is -3.25. The molecule has 1 fully saturated rings. The van der Waals surface area contributed by atoms with Crippen molar-refractivity contribution < 1.29 is 32.2 Å². The number of amides is 1. The topological polar surface area (TPSA) is 142 Å². The van der Waals surface area contributed by atoms with Crippen molar-refractivity contribution in [3.05, 3.63) is 30.5 Å². The Bertz CT molecular complexity index is 1120. The normalized spacial score (nSPS) is 14.6. The van der Waals surface area contributed by atoms with E-state index in [0.717, 1.165) is 0 Å². The quantitative estimate of drug-likeness (QED) is 0.566. The second kappa shape index (κ2) is 10.8. The number of anilines is 2. The van der Waals surface area contributed by atoms with E-state index in [1.165, 1.54) is 32.4 Å². The molecule has 0 spiro atoms. The molecule has 0 unspecified atom stereocenters. The molecule has 1 amide bonds. The van der Waals surface area contributed by atoms with Crippen molar-refractivity contribution in [3.63, 3.8) is 0 Å². The van der Waals surface area contributed by atoms with Gasteiger partial charge >= 0.3 is 6.09 Å². The fourth-order valence-corrected chi connectivity index (χ4v) is 4.03. The van der Waals surface area contributed by atoms with Crippen LogP contribution in [0.2, 0.25) is 0 Å². The number of methoxy groups -OCH3 is 2. The molecule has 11 nitrogen and oxygen atoms in total. The zero-order valence-electron chi connectivity index (χ0n) is 19.6. The minimum absolute atomic E-state index is 0.0736. The van der Waals surface area contributed by atoms with Gasteiger partial charge in [0.15, 0.2) is 11.6 Å². The molecule has 0 saturated carbocycles. The summed E-state index contributed by atoms with van der Waals surface area (Å²) in [6, 6.07) is 5.91. The molecule has 2 aromatic rings. The van der Waals surface area contributed by atoms with E-state index in [-0.39, 0.29) is 28.9 Å². The Balaban J connectivity index is 1.74. The van der Waals surface area contributed by atoms with Crippen LogP contribution in [0.4, 0.5) is 16.3 Å². The lowest BCUT2D eigenvalue weighted by molar-refractivity contribution is 0.0511. The molecular weight excluding hydrogens is 464 g/mol. The van der Waals surface area contributed by atoms with Crippen molar-refractivity contribution in [2.24, 2.45) is 5.14 Å². The summed E-state index contributed by atoms with van der Waals surface area (Å²) in [4.78, 5) is 18.0. The molecule has 34 heavy (non-hydrogen) atoms. The summed E-state index contributed by atoms with van der Waals surface area (Å²) in [5.41, 5.74) is 0.467. The summed E-state index contributed by atoms with van der Waals surface area (Å²) in [6.07, 6.45) is 2.26. The Morgan fingerprint density at radius 3 is 2.44 bits per heavy atom. The molecule has 0 radical (unpaired) electrons. The Morgan fingerprint density at radius 2 is 1.85 bits per heavy atom. The molecule has 1 aliphatic heterocycles. The average molecular weight is 495 g/mol. The summed E-state index contributed by atoms with van der Waals surface area (Å²) in [6.45, 7) is 4.70. The molecule has 186 valence electrons. The first-order chi connectivity index (χ1) is 16.1. The monoisotopic (exact) mass is 494 g/mol. The van der Waals surface area contributed by atoms with Crippen LogP contribution in [0.25, 0.3) is 0 Å². The third kappa shape index (κ3) is 6.20. The number of benzene rings is 1. The number of nitrogens with zero attached hydrogens (tertiary/aromatic N) is 2. The van der Waals surface area contributed by atoms with Gasteiger partial charge in [-0.05, 0) is 26.0 Å². The Kier molecular flexibility index (Phi) is 8.05. The minimum atomic E-state index is -3.88. The van der Waals surface area contributed by atoms with Crippen molar-refractivity contribution >= 4 is 27.6 Å². The SMILES string of the molecule is COc1cc(S(N)(=O)=O)ccc1Nc1nccc(OC2CCN(C(=O)OC(C)C)CC2)c1OC. The van der Waals surface area contributed by atoms with Gasteiger partial charge in [0.1, 0.15) is 11.9 Å². The molecule has 0 atom stereocenters. The number of rotatable bonds is 8. The predicted molar refractivity (Wildman–Crippen MR) is 125 cm³/mol. The van der Waals surface area contributed by atoms with E-state index in [1.807, 2.05) is 13.8 Å². The number of hydrogen-bond donors (Lipinski definition) is 2. The zero-order valence-corrected chi connectivity index (χ0v) is 20.4. The minimum Gasteiger partial charge on any atom is -0.495 e. The molecule has 1 aliphatic rings. The van der Waals surface area contributed by atoms with Gasteiger partial charge in [0.05, 0.1) is 30.9 Å². The molecule has 3 rings (SSSR count). The van der Waals surface area contributed by atoms with E-state index in [1.54, 1.807) is 17.2 Å². The van der Waals surface area contributed by atoms with E-state index in [0.29, 0.717) is 48.9 Å². The van der Waals surface area contributed by atoms with Gasteiger partial charge in [-0.3, -0.25) is 0 Å². The summed E-state index contributed by atoms with van der Waals surface area (Å²) in [5.74, 6) is 1.49. The maximum atomic E-state index is 12.1. The number of pyridine rings is 1. The smallest absolute Gasteiger partial charge is 0.410 e. The van der Waals surface area contributed by atoms with E-state index in [2.05, 4.69) is 10.3 Å². The van der Waals surface area contributed by atoms with Crippen LogP contribution in [-0.2, 0) is 14.8 Å². The summed E-state index contributed by atoms with van der Waals surface area (Å²) >= 11 is 0. The zero-order chi connectivity index (χ0) is 24.9. The fourth-order valence-electron chi connectivity index (χ4n) is 3.50. The van der Waals surface area contributed by atoms with Crippen LogP contribution in [0.3, 0.4) is 0 Å². The second-order valence-corrected chi connectivity index (χ2v) is 9.52. The Labute approximate surface area is 199 Å². The maximum Gasteiger partial charge on any atom is 0.410 e. The number of ether oxygens (including phenoxy) is 4. The predicted octanol–water partition coefficient (Wildman–Crippen LogP) is 2.88. The van der Waals surface area contributed by atoms with E-state index < -0.39 is 10.0 Å². The van der Waals surface area contributed by atoms with Crippen LogP contribution in [0.1, 0.15) is 26.7 Å². The van der Waals surface area contributed by atoms with Gasteiger partial charge in [0.25, 0.3) is 0 Å². The third-order valence-electron chi connectivity index (χ3n) is 5.16. The highest BCUT2D eigenvalue weighted by Crippen LogP contribution is 2.38. The number of primary sulfonamides is 1. The van der Waals surface area contributed by atoms with E-state index in [4.69, 9.17) is 24.1 Å². The standard InChI is InChI=1S/C22H30N4O7S/c1-14(2)32-22(27)26-11-8-15(9-12-26)33-18-7-10-24-21(20(18)31-4)25-17-6-5-16(34(23,28)29)13-19(17)30-3/h5-7,10,13-15H,8-9,11-12H2,1-4H3,(H,24,25)(H2,23,28,29). The van der Waals surface area contributed by atoms with Crippen LogP contribution >= 0.6 is 0 Å². The molecule has 1 aromatic carbocycles. The van der Waals surface area contributed by atoms with Crippen LogP contribution in [0, 0.1) is 0 Å². The lowest BCUT2D eigenvalue weighted by Gasteiger charge is -2.32. The van der Waals surface area contributed by atoms with Crippen LogP contribution in [0.15, 0.2) is 35.4 Å². The van der Waals surface area contributed by atoms with Crippen molar-refractivity contribution in [2.45, 2.75) is 43.8 Å². The van der Waals surface area contributed by atoms with Crippen molar-refractivity contribution in [3.8, 4) is 17.2 Å².